The maximum Gasteiger partial charge on any atom is 0.133 e. The van der Waals surface area contributed by atoms with Crippen LogP contribution in [0.1, 0.15) is 18.0 Å². The Hall–Kier alpha value is -0.670. The second kappa shape index (κ2) is 3.60. The number of aromatic hydroxyl groups is 1. The molecule has 2 N–H and O–H groups in total. The molecule has 2 rings (SSSR count). The molecule has 0 spiro atoms. The van der Waals surface area contributed by atoms with E-state index >= 15 is 0 Å². The molecule has 1 heterocycles. The first kappa shape index (κ1) is 8.91. The molecule has 0 radical (unpaired) electrons. The molecule has 1 aliphatic rings. The molecule has 13 heavy (non-hydrogen) atoms. The topological polar surface area (TPSA) is 32.3 Å². The van der Waals surface area contributed by atoms with E-state index in [1.54, 1.807) is 11.8 Å². The number of hydrogen-bond donors (Lipinski definition) is 2. The van der Waals surface area contributed by atoms with Crippen molar-refractivity contribution in [3.05, 3.63) is 23.8 Å². The average molecular weight is 195 g/mol. The monoisotopic (exact) mass is 195 g/mol. The zero-order chi connectivity index (χ0) is 9.26. The Balaban J connectivity index is 2.33. The summed E-state index contributed by atoms with van der Waals surface area (Å²) >= 11 is 1.58. The van der Waals surface area contributed by atoms with Crippen molar-refractivity contribution in [1.29, 1.82) is 0 Å². The molecule has 1 fully saturated rings. The molecular weight excluding hydrogens is 182 g/mol. The maximum absolute atomic E-state index is 9.86. The third-order valence-electron chi connectivity index (χ3n) is 2.45. The highest BCUT2D eigenvalue weighted by molar-refractivity contribution is 7.98. The lowest BCUT2D eigenvalue weighted by atomic mass is 9.97. The van der Waals surface area contributed by atoms with Gasteiger partial charge in [0.25, 0.3) is 0 Å². The van der Waals surface area contributed by atoms with Gasteiger partial charge in [-0.05, 0) is 25.3 Å². The molecule has 1 atom stereocenters. The summed E-state index contributed by atoms with van der Waals surface area (Å²) in [6, 6.07) is 6.31. The van der Waals surface area contributed by atoms with Gasteiger partial charge >= 0.3 is 0 Å². The minimum absolute atomic E-state index is 0.368. The smallest absolute Gasteiger partial charge is 0.133 e. The van der Waals surface area contributed by atoms with Gasteiger partial charge in [-0.15, -0.1) is 11.8 Å². The first-order valence-electron chi connectivity index (χ1n) is 4.42. The van der Waals surface area contributed by atoms with Crippen LogP contribution in [-0.2, 0) is 0 Å². The highest BCUT2D eigenvalue weighted by Crippen LogP contribution is 2.36. The van der Waals surface area contributed by atoms with Gasteiger partial charge in [0.2, 0.25) is 0 Å². The van der Waals surface area contributed by atoms with Crippen LogP contribution in [0.3, 0.4) is 0 Å². The second-order valence-electron chi connectivity index (χ2n) is 3.19. The van der Waals surface area contributed by atoms with E-state index in [2.05, 4.69) is 5.32 Å². The van der Waals surface area contributed by atoms with E-state index in [0.717, 1.165) is 23.4 Å². The summed E-state index contributed by atoms with van der Waals surface area (Å²) < 4.78 is 0. The molecule has 1 saturated heterocycles. The van der Waals surface area contributed by atoms with E-state index in [1.807, 2.05) is 24.5 Å². The Labute approximate surface area is 82.4 Å². The largest absolute Gasteiger partial charge is 0.506 e. The lowest BCUT2D eigenvalue weighted by Crippen LogP contribution is -2.34. The van der Waals surface area contributed by atoms with Crippen molar-refractivity contribution in [3.8, 4) is 5.75 Å². The highest BCUT2D eigenvalue weighted by Gasteiger charge is 2.22. The number of hydrogen-bond acceptors (Lipinski definition) is 3. The highest BCUT2D eigenvalue weighted by atomic mass is 32.2. The molecule has 1 aromatic carbocycles. The van der Waals surface area contributed by atoms with Gasteiger partial charge in [-0.1, -0.05) is 12.1 Å². The lowest BCUT2D eigenvalue weighted by Gasteiger charge is -2.28. The second-order valence-corrected chi connectivity index (χ2v) is 4.04. The Morgan fingerprint density at radius 3 is 2.85 bits per heavy atom. The van der Waals surface area contributed by atoms with E-state index in [4.69, 9.17) is 0 Å². The lowest BCUT2D eigenvalue weighted by molar-refractivity contribution is 0.361. The van der Waals surface area contributed by atoms with Gasteiger partial charge in [-0.3, -0.25) is 0 Å². The summed E-state index contributed by atoms with van der Waals surface area (Å²) in [6.45, 7) is 1.06. The van der Waals surface area contributed by atoms with E-state index in [-0.39, 0.29) is 0 Å². The number of thioether (sulfide) groups is 1. The van der Waals surface area contributed by atoms with Gasteiger partial charge in [0.1, 0.15) is 5.75 Å². The number of nitrogens with one attached hydrogen (secondary N) is 1. The van der Waals surface area contributed by atoms with Crippen LogP contribution in [0.5, 0.6) is 5.75 Å². The first-order chi connectivity index (χ1) is 6.33. The van der Waals surface area contributed by atoms with E-state index < -0.39 is 0 Å². The van der Waals surface area contributed by atoms with Gasteiger partial charge in [-0.25, -0.2) is 0 Å². The number of phenolic OH excluding ortho intramolecular Hbond substituents is 1. The minimum Gasteiger partial charge on any atom is -0.506 e. The van der Waals surface area contributed by atoms with Crippen molar-refractivity contribution >= 4 is 11.8 Å². The molecular formula is C10H13NOS. The Morgan fingerprint density at radius 1 is 1.54 bits per heavy atom. The van der Waals surface area contributed by atoms with Crippen LogP contribution in [0.4, 0.5) is 0 Å². The summed E-state index contributed by atoms with van der Waals surface area (Å²) in [7, 11) is 0. The van der Waals surface area contributed by atoms with Crippen molar-refractivity contribution in [2.75, 3.05) is 12.8 Å². The maximum atomic E-state index is 9.86. The molecule has 1 aliphatic heterocycles. The normalized spacial score (nSPS) is 21.2. The van der Waals surface area contributed by atoms with Crippen LogP contribution in [0.15, 0.2) is 23.1 Å². The summed E-state index contributed by atoms with van der Waals surface area (Å²) in [5, 5.41) is 13.1. The summed E-state index contributed by atoms with van der Waals surface area (Å²) in [5.41, 5.74) is 1.04. The molecule has 2 nitrogen and oxygen atoms in total. The molecule has 70 valence electrons. The minimum atomic E-state index is 0.368. The van der Waals surface area contributed by atoms with Crippen LogP contribution in [-0.4, -0.2) is 17.9 Å². The average Bonchev–Trinajstić information content (AvgIpc) is 2.05. The van der Waals surface area contributed by atoms with E-state index in [1.165, 1.54) is 0 Å². The van der Waals surface area contributed by atoms with Crippen LogP contribution in [0.2, 0.25) is 0 Å². The van der Waals surface area contributed by atoms with Crippen LogP contribution >= 0.6 is 11.8 Å². The zero-order valence-electron chi connectivity index (χ0n) is 7.58. The third-order valence-corrected chi connectivity index (χ3v) is 3.22. The summed E-state index contributed by atoms with van der Waals surface area (Å²) in [6.07, 6.45) is 3.11. The van der Waals surface area contributed by atoms with Crippen LogP contribution < -0.4 is 5.32 Å². The fourth-order valence-electron chi connectivity index (χ4n) is 1.54. The SMILES string of the molecule is CSc1cccc(C2CCN2)c1O. The van der Waals surface area contributed by atoms with E-state index in [9.17, 15) is 5.11 Å². The molecule has 0 aliphatic carbocycles. The number of phenols is 1. The molecule has 0 amide bonds. The predicted molar refractivity (Wildman–Crippen MR) is 55.2 cm³/mol. The van der Waals surface area contributed by atoms with Crippen molar-refractivity contribution in [1.82, 2.24) is 5.32 Å². The molecule has 3 heteroatoms. The van der Waals surface area contributed by atoms with Gasteiger partial charge in [0.05, 0.1) is 0 Å². The van der Waals surface area contributed by atoms with Crippen LogP contribution in [0, 0.1) is 0 Å². The standard InChI is InChI=1S/C10H13NOS/c1-13-9-4-2-3-7(10(9)12)8-5-6-11-8/h2-4,8,11-12H,5-6H2,1H3. The molecule has 0 aromatic heterocycles. The number of para-hydroxylation sites is 1. The Morgan fingerprint density at radius 2 is 2.31 bits per heavy atom. The van der Waals surface area contributed by atoms with Gasteiger partial charge in [0, 0.05) is 16.5 Å². The molecule has 1 unspecified atom stereocenters. The number of rotatable bonds is 2. The van der Waals surface area contributed by atoms with Gasteiger partial charge in [0.15, 0.2) is 0 Å². The fraction of sp³-hybridized carbons (Fsp3) is 0.400. The zero-order valence-corrected chi connectivity index (χ0v) is 8.40. The van der Waals surface area contributed by atoms with Crippen molar-refractivity contribution in [2.24, 2.45) is 0 Å². The molecule has 1 aromatic rings. The Bertz CT molecular complexity index is 310. The quantitative estimate of drug-likeness (QED) is 0.709. The summed E-state index contributed by atoms with van der Waals surface area (Å²) in [4.78, 5) is 0.964. The summed E-state index contributed by atoms with van der Waals surface area (Å²) in [5.74, 6) is 0.451. The first-order valence-corrected chi connectivity index (χ1v) is 5.64. The van der Waals surface area contributed by atoms with Crippen molar-refractivity contribution in [3.63, 3.8) is 0 Å². The predicted octanol–water partition coefficient (Wildman–Crippen LogP) is 2.15. The van der Waals surface area contributed by atoms with Crippen molar-refractivity contribution < 1.29 is 5.11 Å². The van der Waals surface area contributed by atoms with Crippen LogP contribution in [0.25, 0.3) is 0 Å². The van der Waals surface area contributed by atoms with Gasteiger partial charge in [-0.2, -0.15) is 0 Å². The number of benzene rings is 1. The third kappa shape index (κ3) is 1.54. The van der Waals surface area contributed by atoms with Gasteiger partial charge < -0.3 is 10.4 Å². The molecule has 0 saturated carbocycles. The Kier molecular flexibility index (Phi) is 2.47. The van der Waals surface area contributed by atoms with Crippen molar-refractivity contribution in [2.45, 2.75) is 17.4 Å². The molecule has 0 bridgehead atoms. The van der Waals surface area contributed by atoms with E-state index in [0.29, 0.717) is 11.8 Å². The fourth-order valence-corrected chi connectivity index (χ4v) is 2.07.